The average molecular weight is 495 g/mol. The number of sulfonamides is 1. The van der Waals surface area contributed by atoms with Crippen LogP contribution in [0.25, 0.3) is 22.2 Å². The van der Waals surface area contributed by atoms with Crippen molar-refractivity contribution in [2.24, 2.45) is 0 Å². The molecule has 0 spiro atoms. The highest BCUT2D eigenvalue weighted by atomic mass is 32.2. The summed E-state index contributed by atoms with van der Waals surface area (Å²) < 4.78 is 32.0. The molecule has 10 nitrogen and oxygen atoms in total. The Morgan fingerprint density at radius 1 is 1.20 bits per heavy atom. The van der Waals surface area contributed by atoms with Crippen LogP contribution in [0.15, 0.2) is 42.7 Å². The van der Waals surface area contributed by atoms with Crippen LogP contribution in [0.4, 0.5) is 5.69 Å². The summed E-state index contributed by atoms with van der Waals surface area (Å²) >= 11 is 0. The first-order chi connectivity index (χ1) is 16.7. The predicted octanol–water partition coefficient (Wildman–Crippen LogP) is 3.12. The van der Waals surface area contributed by atoms with Crippen LogP contribution in [-0.2, 0) is 10.0 Å². The number of ether oxygens (including phenoxy) is 1. The van der Waals surface area contributed by atoms with Crippen LogP contribution >= 0.6 is 0 Å². The maximum absolute atomic E-state index is 13.3. The second-order valence-corrected chi connectivity index (χ2v) is 10.8. The fourth-order valence-electron chi connectivity index (χ4n) is 4.32. The molecule has 0 radical (unpaired) electrons. The highest BCUT2D eigenvalue weighted by Gasteiger charge is 2.35. The van der Waals surface area contributed by atoms with E-state index in [0.29, 0.717) is 30.1 Å². The number of fused-ring (bicyclic) bond motifs is 1. The molecule has 0 aliphatic carbocycles. The molecular weight excluding hydrogens is 468 g/mol. The van der Waals surface area contributed by atoms with Crippen molar-refractivity contribution in [3.05, 3.63) is 59.4 Å². The molecule has 2 N–H and O–H groups in total. The molecule has 4 aromatic rings. The third-order valence-electron chi connectivity index (χ3n) is 6.39. The fraction of sp³-hybridized carbons (Fsp3) is 0.292. The molecule has 0 saturated carbocycles. The van der Waals surface area contributed by atoms with Gasteiger partial charge in [-0.15, -0.1) is 0 Å². The molecule has 1 aliphatic heterocycles. The first-order valence-electron chi connectivity index (χ1n) is 11.1. The number of methoxy groups -OCH3 is 1. The Morgan fingerprint density at radius 3 is 2.57 bits per heavy atom. The number of aryl methyl sites for hydroxylation is 2. The Kier molecular flexibility index (Phi) is 5.60. The van der Waals surface area contributed by atoms with Gasteiger partial charge in [0.2, 0.25) is 10.0 Å². The van der Waals surface area contributed by atoms with E-state index in [1.165, 1.54) is 17.7 Å². The van der Waals surface area contributed by atoms with Crippen molar-refractivity contribution >= 4 is 32.5 Å². The lowest BCUT2D eigenvalue weighted by molar-refractivity contribution is 0.102. The van der Waals surface area contributed by atoms with E-state index in [9.17, 15) is 13.2 Å². The van der Waals surface area contributed by atoms with Crippen LogP contribution in [0.5, 0.6) is 5.75 Å². The summed E-state index contributed by atoms with van der Waals surface area (Å²) in [5.74, 6) is 0.154. The number of carbonyl (C=O) groups excluding carboxylic acids is 1. The standard InChI is InChI=1S/C24H26N6O4S/c1-14-6-5-7-15(2)22(14)26-24(31)19-8-18-20(9-21(19)34-3)27-28-23(18)16-10-25-30(11-16)17-12-29(13-17)35(4,32)33/h5-11,17H,12-13H2,1-4H3,(H,26,31)(H,27,28). The lowest BCUT2D eigenvalue weighted by Gasteiger charge is -2.36. The fourth-order valence-corrected chi connectivity index (χ4v) is 5.20. The van der Waals surface area contributed by atoms with Crippen LogP contribution in [0, 0.1) is 13.8 Å². The number of aromatic nitrogens is 4. The Bertz CT molecular complexity index is 1530. The molecule has 1 fully saturated rings. The van der Waals surface area contributed by atoms with E-state index in [-0.39, 0.29) is 11.9 Å². The normalized spacial score (nSPS) is 14.7. The van der Waals surface area contributed by atoms with Crippen molar-refractivity contribution in [1.29, 1.82) is 0 Å². The topological polar surface area (TPSA) is 122 Å². The zero-order valence-electron chi connectivity index (χ0n) is 19.9. The summed E-state index contributed by atoms with van der Waals surface area (Å²) in [6.45, 7) is 4.68. The van der Waals surface area contributed by atoms with Gasteiger partial charge in [-0.3, -0.25) is 14.6 Å². The third-order valence-corrected chi connectivity index (χ3v) is 7.63. The van der Waals surface area contributed by atoms with E-state index in [0.717, 1.165) is 33.3 Å². The third kappa shape index (κ3) is 4.17. The summed E-state index contributed by atoms with van der Waals surface area (Å²) in [5.41, 5.74) is 5.24. The summed E-state index contributed by atoms with van der Waals surface area (Å²) in [7, 11) is -1.67. The van der Waals surface area contributed by atoms with Gasteiger partial charge in [0.25, 0.3) is 5.91 Å². The van der Waals surface area contributed by atoms with Crippen molar-refractivity contribution < 1.29 is 17.9 Å². The Labute approximate surface area is 202 Å². The molecule has 2 aromatic carbocycles. The number of H-pyrrole nitrogens is 1. The van der Waals surface area contributed by atoms with Gasteiger partial charge in [0.05, 0.1) is 36.7 Å². The number of benzene rings is 2. The van der Waals surface area contributed by atoms with E-state index >= 15 is 0 Å². The number of anilines is 1. The van der Waals surface area contributed by atoms with E-state index in [2.05, 4.69) is 20.6 Å². The smallest absolute Gasteiger partial charge is 0.259 e. The maximum atomic E-state index is 13.3. The lowest BCUT2D eigenvalue weighted by Crippen LogP contribution is -2.50. The monoisotopic (exact) mass is 494 g/mol. The quantitative estimate of drug-likeness (QED) is 0.425. The molecule has 3 heterocycles. The first kappa shape index (κ1) is 23.1. The SMILES string of the molecule is COc1cc2[nH]nc(-c3cnn(C4CN(S(C)(=O)=O)C4)c3)c2cc1C(=O)Nc1c(C)cccc1C. The summed E-state index contributed by atoms with van der Waals surface area (Å²) in [4.78, 5) is 13.3. The molecule has 11 heteroatoms. The van der Waals surface area contributed by atoms with Crippen LogP contribution in [-0.4, -0.2) is 65.1 Å². The largest absolute Gasteiger partial charge is 0.496 e. The molecule has 182 valence electrons. The zero-order chi connectivity index (χ0) is 24.9. The average Bonchev–Trinajstić information content (AvgIpc) is 3.40. The number of rotatable bonds is 6. The van der Waals surface area contributed by atoms with Gasteiger partial charge in [-0.05, 0) is 31.0 Å². The lowest BCUT2D eigenvalue weighted by atomic mass is 10.0. The molecule has 0 bridgehead atoms. The van der Waals surface area contributed by atoms with Crippen LogP contribution < -0.4 is 10.1 Å². The number of aromatic amines is 1. The van der Waals surface area contributed by atoms with Gasteiger partial charge in [-0.1, -0.05) is 18.2 Å². The van der Waals surface area contributed by atoms with E-state index in [1.54, 1.807) is 23.0 Å². The molecule has 1 aliphatic rings. The van der Waals surface area contributed by atoms with Crippen molar-refractivity contribution in [2.45, 2.75) is 19.9 Å². The van der Waals surface area contributed by atoms with Gasteiger partial charge < -0.3 is 10.1 Å². The summed E-state index contributed by atoms with van der Waals surface area (Å²) in [5, 5.41) is 15.6. The Morgan fingerprint density at radius 2 is 1.91 bits per heavy atom. The van der Waals surface area contributed by atoms with Crippen LogP contribution in [0.1, 0.15) is 27.5 Å². The van der Waals surface area contributed by atoms with Gasteiger partial charge in [-0.2, -0.15) is 14.5 Å². The molecule has 35 heavy (non-hydrogen) atoms. The van der Waals surface area contributed by atoms with E-state index < -0.39 is 10.0 Å². The number of nitrogens with zero attached hydrogens (tertiary/aromatic N) is 4. The second-order valence-electron chi connectivity index (χ2n) is 8.83. The van der Waals surface area contributed by atoms with Gasteiger partial charge in [0.15, 0.2) is 0 Å². The molecule has 2 aromatic heterocycles. The second kappa shape index (κ2) is 8.51. The number of hydrogen-bond acceptors (Lipinski definition) is 6. The summed E-state index contributed by atoms with van der Waals surface area (Å²) in [6.07, 6.45) is 4.75. The van der Waals surface area contributed by atoms with Gasteiger partial charge in [-0.25, -0.2) is 8.42 Å². The highest BCUT2D eigenvalue weighted by Crippen LogP contribution is 2.33. The van der Waals surface area contributed by atoms with Crippen molar-refractivity contribution in [1.82, 2.24) is 24.3 Å². The van der Waals surface area contributed by atoms with Crippen LogP contribution in [0.2, 0.25) is 0 Å². The van der Waals surface area contributed by atoms with Gasteiger partial charge >= 0.3 is 0 Å². The minimum atomic E-state index is -3.19. The highest BCUT2D eigenvalue weighted by molar-refractivity contribution is 7.88. The number of carbonyl (C=O) groups is 1. The number of amides is 1. The van der Waals surface area contributed by atoms with Gasteiger partial charge in [0, 0.05) is 42.0 Å². The Hall–Kier alpha value is -3.70. The molecule has 5 rings (SSSR count). The maximum Gasteiger partial charge on any atom is 0.259 e. The molecule has 1 saturated heterocycles. The van der Waals surface area contributed by atoms with E-state index in [4.69, 9.17) is 4.74 Å². The molecule has 0 atom stereocenters. The van der Waals surface area contributed by atoms with Crippen molar-refractivity contribution in [3.63, 3.8) is 0 Å². The Balaban J connectivity index is 1.46. The summed E-state index contributed by atoms with van der Waals surface area (Å²) in [6, 6.07) is 9.35. The van der Waals surface area contributed by atoms with Crippen LogP contribution in [0.3, 0.4) is 0 Å². The van der Waals surface area contributed by atoms with Crippen molar-refractivity contribution in [3.8, 4) is 17.0 Å². The number of para-hydroxylation sites is 1. The predicted molar refractivity (Wildman–Crippen MR) is 133 cm³/mol. The van der Waals surface area contributed by atoms with E-state index in [1.807, 2.05) is 38.2 Å². The zero-order valence-corrected chi connectivity index (χ0v) is 20.7. The minimum absolute atomic E-state index is 0.0255. The molecule has 0 unspecified atom stereocenters. The molecule has 1 amide bonds. The molecular formula is C24H26N6O4S. The number of hydrogen-bond donors (Lipinski definition) is 2. The minimum Gasteiger partial charge on any atom is -0.496 e. The van der Waals surface area contributed by atoms with Gasteiger partial charge in [0.1, 0.15) is 11.4 Å². The van der Waals surface area contributed by atoms with Crippen molar-refractivity contribution in [2.75, 3.05) is 31.8 Å². The first-order valence-corrected chi connectivity index (χ1v) is 12.9. The number of nitrogens with one attached hydrogen (secondary N) is 2.